The number of phenols is 1. The number of amides is 3. The molecule has 0 radical (unpaired) electrons. The van der Waals surface area contributed by atoms with Crippen molar-refractivity contribution >= 4 is 40.9 Å². The number of aryl methyl sites for hydroxylation is 2. The molecule has 0 unspecified atom stereocenters. The Bertz CT molecular complexity index is 1750. The lowest BCUT2D eigenvalue weighted by atomic mass is 10.1. The van der Waals surface area contributed by atoms with Crippen molar-refractivity contribution in [1.82, 2.24) is 24.8 Å². The van der Waals surface area contributed by atoms with Crippen LogP contribution < -0.4 is 10.6 Å². The Hall–Kier alpha value is -5.46. The highest BCUT2D eigenvalue weighted by molar-refractivity contribution is 6.05. The summed E-state index contributed by atoms with van der Waals surface area (Å²) in [5, 5.41) is 19.9. The van der Waals surface area contributed by atoms with Crippen molar-refractivity contribution in [2.75, 3.05) is 18.7 Å². The van der Waals surface area contributed by atoms with Crippen molar-refractivity contribution in [1.29, 1.82) is 0 Å². The van der Waals surface area contributed by atoms with Crippen molar-refractivity contribution < 1.29 is 33.8 Å². The molecule has 0 spiro atoms. The third-order valence-electron chi connectivity index (χ3n) is 7.32. The highest BCUT2D eigenvalue weighted by atomic mass is 16.7. The number of hydrogen-bond donors (Lipinski definition) is 3. The van der Waals surface area contributed by atoms with Gasteiger partial charge in [-0.1, -0.05) is 25.1 Å². The van der Waals surface area contributed by atoms with E-state index in [4.69, 9.17) is 9.47 Å². The van der Waals surface area contributed by atoms with Crippen LogP contribution in [-0.2, 0) is 20.7 Å². The molecule has 2 aromatic heterocycles. The minimum absolute atomic E-state index is 0.0659. The molecule has 3 N–H and O–H groups in total. The van der Waals surface area contributed by atoms with Gasteiger partial charge in [-0.15, -0.1) is 0 Å². The number of carbonyl (C=O) groups is 4. The number of rotatable bonds is 11. The average Bonchev–Trinajstić information content (AvgIpc) is 3.77. The first-order chi connectivity index (χ1) is 21.6. The van der Waals surface area contributed by atoms with Gasteiger partial charge in [-0.25, -0.2) is 19.2 Å². The second-order valence-electron chi connectivity index (χ2n) is 10.8. The number of hydrogen-bond acceptors (Lipinski definition) is 10. The van der Waals surface area contributed by atoms with Gasteiger partial charge >= 0.3 is 12.1 Å². The van der Waals surface area contributed by atoms with Gasteiger partial charge in [0.15, 0.2) is 5.82 Å². The second kappa shape index (κ2) is 13.5. The molecule has 0 saturated heterocycles. The van der Waals surface area contributed by atoms with Gasteiger partial charge in [-0.2, -0.15) is 5.10 Å². The van der Waals surface area contributed by atoms with Crippen molar-refractivity contribution in [3.05, 3.63) is 82.8 Å². The summed E-state index contributed by atoms with van der Waals surface area (Å²) in [6.45, 7) is 4.84. The van der Waals surface area contributed by atoms with E-state index in [1.54, 1.807) is 31.2 Å². The van der Waals surface area contributed by atoms with Crippen LogP contribution in [0.1, 0.15) is 63.6 Å². The highest BCUT2D eigenvalue weighted by Gasteiger charge is 2.28. The van der Waals surface area contributed by atoms with Crippen LogP contribution in [-0.4, -0.2) is 67.9 Å². The lowest BCUT2D eigenvalue weighted by molar-refractivity contribution is -0.151. The van der Waals surface area contributed by atoms with Gasteiger partial charge in [0.25, 0.3) is 11.8 Å². The first-order valence-corrected chi connectivity index (χ1v) is 14.6. The summed E-state index contributed by atoms with van der Waals surface area (Å²) < 4.78 is 11.6. The Morgan fingerprint density at radius 2 is 1.82 bits per heavy atom. The summed E-state index contributed by atoms with van der Waals surface area (Å²) >= 11 is 0. The third kappa shape index (κ3) is 7.37. The average molecular weight is 615 g/mol. The van der Waals surface area contributed by atoms with E-state index in [9.17, 15) is 24.3 Å². The van der Waals surface area contributed by atoms with Gasteiger partial charge in [-0.3, -0.25) is 14.4 Å². The van der Waals surface area contributed by atoms with Crippen LogP contribution >= 0.6 is 0 Å². The fourth-order valence-electron chi connectivity index (χ4n) is 4.69. The van der Waals surface area contributed by atoms with Crippen LogP contribution in [0.2, 0.25) is 0 Å². The number of aromatic hydroxyl groups is 1. The number of phenolic OH excluding ortho intramolecular Hbond substituents is 1. The predicted octanol–water partition coefficient (Wildman–Crippen LogP) is 4.42. The summed E-state index contributed by atoms with van der Waals surface area (Å²) in [7, 11) is 0. The second-order valence-corrected chi connectivity index (χ2v) is 10.8. The number of imide groups is 1. The fraction of sp³-hybridized carbons (Fsp3) is 0.312. The van der Waals surface area contributed by atoms with Crippen molar-refractivity contribution in [3.8, 4) is 5.75 Å². The lowest BCUT2D eigenvalue weighted by Gasteiger charge is -2.19. The summed E-state index contributed by atoms with van der Waals surface area (Å²) in [6, 6.07) is 11.7. The Labute approximate surface area is 259 Å². The van der Waals surface area contributed by atoms with Gasteiger partial charge < -0.3 is 25.2 Å². The number of nitrogens with one attached hydrogen (secondary N) is 2. The smallest absolute Gasteiger partial charge is 0.419 e. The monoisotopic (exact) mass is 614 g/mol. The van der Waals surface area contributed by atoms with E-state index in [1.807, 2.05) is 19.9 Å². The molecule has 0 aliphatic heterocycles. The maximum absolute atomic E-state index is 13.6. The van der Waals surface area contributed by atoms with Crippen molar-refractivity contribution in [2.45, 2.75) is 52.5 Å². The fourth-order valence-corrected chi connectivity index (χ4v) is 4.69. The molecule has 1 fully saturated rings. The van der Waals surface area contributed by atoms with E-state index in [0.717, 1.165) is 23.3 Å². The molecule has 1 aliphatic rings. The van der Waals surface area contributed by atoms with Crippen LogP contribution in [0.4, 0.5) is 16.3 Å². The number of benzene rings is 2. The first-order valence-electron chi connectivity index (χ1n) is 14.6. The molecule has 3 amide bonds. The van der Waals surface area contributed by atoms with Crippen LogP contribution in [0, 0.1) is 13.8 Å². The minimum Gasteiger partial charge on any atom is -0.508 e. The van der Waals surface area contributed by atoms with Crippen LogP contribution in [0.25, 0.3) is 5.52 Å². The minimum atomic E-state index is -0.963. The maximum Gasteiger partial charge on any atom is 0.419 e. The maximum atomic E-state index is 13.6. The van der Waals surface area contributed by atoms with Crippen molar-refractivity contribution in [3.63, 3.8) is 0 Å². The number of ether oxygens (including phenoxy) is 2. The molecule has 234 valence electrons. The van der Waals surface area contributed by atoms with E-state index >= 15 is 0 Å². The van der Waals surface area contributed by atoms with Gasteiger partial charge in [-0.05, 0) is 74.1 Å². The largest absolute Gasteiger partial charge is 0.508 e. The number of anilines is 2. The van der Waals surface area contributed by atoms with Crippen LogP contribution in [0.15, 0.2) is 55.0 Å². The molecule has 2 heterocycles. The van der Waals surface area contributed by atoms with Gasteiger partial charge in [0.2, 0.25) is 6.79 Å². The molecule has 13 heteroatoms. The molecule has 2 aromatic carbocycles. The molecular formula is C32H34N6O7. The number of aromatic nitrogens is 3. The molecular weight excluding hydrogens is 580 g/mol. The SMILES string of the molecule is CCCN(C(=O)OCOC(=O)Cc1ccc(O)cc1)C(=O)c1cn2ncnc(Nc3cc(C(=O)NC4CC4)ccc3C)c2c1C. The summed E-state index contributed by atoms with van der Waals surface area (Å²) in [4.78, 5) is 56.7. The lowest BCUT2D eigenvalue weighted by Crippen LogP contribution is -2.38. The van der Waals surface area contributed by atoms with Gasteiger partial charge in [0.05, 0.1) is 12.0 Å². The summed E-state index contributed by atoms with van der Waals surface area (Å²) in [6.07, 6.45) is 4.24. The first kappa shape index (κ1) is 31.0. The molecule has 0 atom stereocenters. The zero-order valence-electron chi connectivity index (χ0n) is 25.2. The molecule has 45 heavy (non-hydrogen) atoms. The van der Waals surface area contributed by atoms with Gasteiger partial charge in [0, 0.05) is 30.0 Å². The zero-order valence-corrected chi connectivity index (χ0v) is 25.2. The third-order valence-corrected chi connectivity index (χ3v) is 7.32. The summed E-state index contributed by atoms with van der Waals surface area (Å²) in [5.74, 6) is -0.910. The molecule has 13 nitrogen and oxygen atoms in total. The van der Waals surface area contributed by atoms with E-state index in [1.165, 1.54) is 29.2 Å². The Kier molecular flexibility index (Phi) is 9.26. The Morgan fingerprint density at radius 1 is 1.07 bits per heavy atom. The van der Waals surface area contributed by atoms with Crippen molar-refractivity contribution in [2.24, 2.45) is 0 Å². The van der Waals surface area contributed by atoms with E-state index in [-0.39, 0.29) is 36.2 Å². The predicted molar refractivity (Wildman–Crippen MR) is 163 cm³/mol. The van der Waals surface area contributed by atoms with Crippen LogP contribution in [0.3, 0.4) is 0 Å². The standard InChI is InChI=1S/C32H34N6O7/c1-4-13-37(32(43)45-18-44-27(40)14-21-6-11-24(39)12-7-21)31(42)25-16-38-28(20(25)3)29(33-17-34-38)36-26-15-22(8-5-19(26)2)30(41)35-23-9-10-23/h5-8,11-12,15-17,23,39H,4,9-10,13-14,18H2,1-3H3,(H,35,41)(H,33,34,36). The quantitative estimate of drug-likeness (QED) is 0.163. The van der Waals surface area contributed by atoms with E-state index < -0.39 is 24.8 Å². The number of nitrogens with zero attached hydrogens (tertiary/aromatic N) is 4. The Morgan fingerprint density at radius 3 is 2.53 bits per heavy atom. The Balaban J connectivity index is 1.29. The van der Waals surface area contributed by atoms with E-state index in [0.29, 0.717) is 40.1 Å². The van der Waals surface area contributed by atoms with Gasteiger partial charge in [0.1, 0.15) is 17.6 Å². The molecule has 1 aliphatic carbocycles. The topological polar surface area (TPSA) is 164 Å². The zero-order chi connectivity index (χ0) is 32.1. The molecule has 5 rings (SSSR count). The van der Waals surface area contributed by atoms with Crippen LogP contribution in [0.5, 0.6) is 5.75 Å². The van der Waals surface area contributed by atoms with E-state index in [2.05, 4.69) is 20.7 Å². The number of carbonyl (C=O) groups excluding carboxylic acids is 4. The number of esters is 1. The summed E-state index contributed by atoms with van der Waals surface area (Å²) in [5.41, 5.74) is 3.94. The molecule has 1 saturated carbocycles. The highest BCUT2D eigenvalue weighted by Crippen LogP contribution is 2.29. The number of fused-ring (bicyclic) bond motifs is 1. The molecule has 4 aromatic rings. The normalized spacial score (nSPS) is 12.4. The molecule has 0 bridgehead atoms.